The van der Waals surface area contributed by atoms with E-state index in [0.717, 1.165) is 32.5 Å². The van der Waals surface area contributed by atoms with Crippen molar-refractivity contribution in [1.82, 2.24) is 9.47 Å². The normalized spacial score (nSPS) is 16.7. The van der Waals surface area contributed by atoms with Gasteiger partial charge in [0.25, 0.3) is 5.91 Å². The Balaban J connectivity index is 1.49. The summed E-state index contributed by atoms with van der Waals surface area (Å²) in [6.07, 6.45) is 3.98. The molecule has 2 aromatic carbocycles. The molecule has 5 nitrogen and oxygen atoms in total. The Bertz CT molecular complexity index is 1130. The fourth-order valence-electron chi connectivity index (χ4n) is 5.46. The number of aromatic nitrogens is 1. The van der Waals surface area contributed by atoms with Crippen molar-refractivity contribution >= 4 is 11.6 Å². The van der Waals surface area contributed by atoms with Crippen LogP contribution < -0.4 is 9.64 Å². The van der Waals surface area contributed by atoms with Crippen molar-refractivity contribution in [3.05, 3.63) is 77.6 Å². The highest BCUT2D eigenvalue weighted by Gasteiger charge is 2.47. The first-order valence-corrected chi connectivity index (χ1v) is 11.1. The minimum atomic E-state index is -0.101. The summed E-state index contributed by atoms with van der Waals surface area (Å²) in [5.41, 5.74) is 5.67. The van der Waals surface area contributed by atoms with Gasteiger partial charge >= 0.3 is 0 Å². The number of para-hydroxylation sites is 1. The number of nitrogens with zero attached hydrogens (tertiary/aromatic N) is 3. The van der Waals surface area contributed by atoms with E-state index in [1.54, 1.807) is 7.11 Å². The molecule has 0 radical (unpaired) electrons. The number of hydrogen-bond donors (Lipinski definition) is 0. The Morgan fingerprint density at radius 2 is 1.81 bits per heavy atom. The third-order valence-electron chi connectivity index (χ3n) is 6.95. The number of carbonyl (C=O) groups excluding carboxylic acids is 1. The van der Waals surface area contributed by atoms with Gasteiger partial charge in [-0.2, -0.15) is 0 Å². The van der Waals surface area contributed by atoms with Crippen LogP contribution in [0.3, 0.4) is 0 Å². The van der Waals surface area contributed by atoms with Crippen molar-refractivity contribution in [2.45, 2.75) is 32.2 Å². The molecule has 2 aliphatic heterocycles. The van der Waals surface area contributed by atoms with Crippen molar-refractivity contribution in [2.24, 2.45) is 0 Å². The van der Waals surface area contributed by atoms with Gasteiger partial charge in [0, 0.05) is 31.5 Å². The molecule has 1 saturated heterocycles. The molecule has 160 valence electrons. The lowest BCUT2D eigenvalue weighted by molar-refractivity contribution is 0.0653. The summed E-state index contributed by atoms with van der Waals surface area (Å²) in [5.74, 6) is 0.691. The predicted molar refractivity (Wildman–Crippen MR) is 123 cm³/mol. The average Bonchev–Trinajstić information content (AvgIpc) is 3.30. The zero-order chi connectivity index (χ0) is 21.6. The lowest BCUT2D eigenvalue weighted by Crippen LogP contribution is -2.57. The predicted octanol–water partition coefficient (Wildman–Crippen LogP) is 4.77. The SMILES string of the molecule is CCN1c2cc(C)ccc2-n2cccc2C12CCN(C(=O)c1ccccc1OC)CC2. The van der Waals surface area contributed by atoms with E-state index in [4.69, 9.17) is 4.74 Å². The van der Waals surface area contributed by atoms with Crippen LogP contribution in [0.25, 0.3) is 5.69 Å². The van der Waals surface area contributed by atoms with Crippen molar-refractivity contribution in [1.29, 1.82) is 0 Å². The van der Waals surface area contributed by atoms with Crippen LogP contribution in [0.1, 0.15) is 41.4 Å². The van der Waals surface area contributed by atoms with Crippen LogP contribution in [0, 0.1) is 6.92 Å². The first kappa shape index (κ1) is 19.7. The molecule has 0 saturated carbocycles. The Hall–Kier alpha value is -3.21. The molecule has 0 unspecified atom stereocenters. The second-order valence-electron chi connectivity index (χ2n) is 8.52. The summed E-state index contributed by atoms with van der Waals surface area (Å²) in [5, 5.41) is 0. The highest BCUT2D eigenvalue weighted by molar-refractivity contribution is 5.97. The first-order valence-electron chi connectivity index (χ1n) is 11.1. The van der Waals surface area contributed by atoms with E-state index in [-0.39, 0.29) is 11.4 Å². The molecular weight excluding hydrogens is 386 g/mol. The monoisotopic (exact) mass is 415 g/mol. The van der Waals surface area contributed by atoms with Crippen LogP contribution >= 0.6 is 0 Å². The van der Waals surface area contributed by atoms with Gasteiger partial charge in [0.2, 0.25) is 0 Å². The smallest absolute Gasteiger partial charge is 0.257 e. The van der Waals surface area contributed by atoms with E-state index in [2.05, 4.69) is 59.8 Å². The molecule has 1 fully saturated rings. The van der Waals surface area contributed by atoms with Crippen LogP contribution in [0.2, 0.25) is 0 Å². The number of likely N-dealkylation sites (tertiary alicyclic amines) is 1. The minimum absolute atomic E-state index is 0.0535. The number of fused-ring (bicyclic) bond motifs is 4. The van der Waals surface area contributed by atoms with Crippen LogP contribution in [0.4, 0.5) is 5.69 Å². The molecule has 0 bridgehead atoms. The molecule has 5 heteroatoms. The number of amides is 1. The lowest BCUT2D eigenvalue weighted by Gasteiger charge is -2.53. The van der Waals surface area contributed by atoms with Gasteiger partial charge < -0.3 is 19.1 Å². The number of benzene rings is 2. The van der Waals surface area contributed by atoms with Crippen molar-refractivity contribution in [3.63, 3.8) is 0 Å². The minimum Gasteiger partial charge on any atom is -0.496 e. The number of rotatable bonds is 3. The molecule has 1 aromatic heterocycles. The fraction of sp³-hybridized carbons (Fsp3) is 0.346. The van der Waals surface area contributed by atoms with Crippen LogP contribution in [-0.2, 0) is 5.54 Å². The quantitative estimate of drug-likeness (QED) is 0.619. The van der Waals surface area contributed by atoms with Crippen molar-refractivity contribution < 1.29 is 9.53 Å². The number of aryl methyl sites for hydroxylation is 1. The third kappa shape index (κ3) is 2.94. The number of piperidine rings is 1. The van der Waals surface area contributed by atoms with Gasteiger partial charge in [-0.3, -0.25) is 4.79 Å². The standard InChI is InChI=1S/C26H29N3O2/c1-4-29-22-18-19(2)11-12-21(22)28-15-7-10-24(28)26(29)13-16-27(17-14-26)25(30)20-8-5-6-9-23(20)31-3/h5-12,15,18H,4,13-14,16-17H2,1-3H3. The molecule has 3 heterocycles. The van der Waals surface area contributed by atoms with E-state index < -0.39 is 0 Å². The van der Waals surface area contributed by atoms with Gasteiger partial charge in [-0.25, -0.2) is 0 Å². The average molecular weight is 416 g/mol. The molecule has 1 amide bonds. The molecule has 5 rings (SSSR count). The lowest BCUT2D eigenvalue weighted by atomic mass is 9.80. The van der Waals surface area contributed by atoms with Gasteiger partial charge in [0.15, 0.2) is 0 Å². The van der Waals surface area contributed by atoms with Gasteiger partial charge in [-0.15, -0.1) is 0 Å². The summed E-state index contributed by atoms with van der Waals surface area (Å²) >= 11 is 0. The van der Waals surface area contributed by atoms with Gasteiger partial charge in [0.1, 0.15) is 5.75 Å². The zero-order valence-electron chi connectivity index (χ0n) is 18.5. The maximum Gasteiger partial charge on any atom is 0.257 e. The summed E-state index contributed by atoms with van der Waals surface area (Å²) in [6, 6.07) is 18.6. The highest BCUT2D eigenvalue weighted by Crippen LogP contribution is 2.48. The van der Waals surface area contributed by atoms with Crippen LogP contribution in [0.5, 0.6) is 5.75 Å². The van der Waals surface area contributed by atoms with Gasteiger partial charge in [-0.05, 0) is 68.7 Å². The highest BCUT2D eigenvalue weighted by atomic mass is 16.5. The van der Waals surface area contributed by atoms with Gasteiger partial charge in [-0.1, -0.05) is 18.2 Å². The van der Waals surface area contributed by atoms with Crippen LogP contribution in [-0.4, -0.2) is 42.1 Å². The maximum absolute atomic E-state index is 13.3. The van der Waals surface area contributed by atoms with E-state index >= 15 is 0 Å². The van der Waals surface area contributed by atoms with E-state index in [1.807, 2.05) is 29.2 Å². The first-order chi connectivity index (χ1) is 15.1. The van der Waals surface area contributed by atoms with E-state index in [0.29, 0.717) is 11.3 Å². The van der Waals surface area contributed by atoms with Crippen molar-refractivity contribution in [3.8, 4) is 11.4 Å². The number of hydrogen-bond acceptors (Lipinski definition) is 3. The molecule has 2 aliphatic rings. The summed E-state index contributed by atoms with van der Waals surface area (Å²) in [7, 11) is 1.62. The number of anilines is 1. The molecule has 1 spiro atoms. The molecule has 0 N–H and O–H groups in total. The van der Waals surface area contributed by atoms with Gasteiger partial charge in [0.05, 0.1) is 29.6 Å². The maximum atomic E-state index is 13.3. The Morgan fingerprint density at radius 1 is 1.03 bits per heavy atom. The molecule has 31 heavy (non-hydrogen) atoms. The Kier molecular flexibility index (Phi) is 4.77. The molecule has 0 atom stereocenters. The van der Waals surface area contributed by atoms with Crippen LogP contribution in [0.15, 0.2) is 60.8 Å². The molecule has 3 aromatic rings. The topological polar surface area (TPSA) is 37.7 Å². The fourth-order valence-corrected chi connectivity index (χ4v) is 5.46. The summed E-state index contributed by atoms with van der Waals surface area (Å²) < 4.78 is 7.77. The third-order valence-corrected chi connectivity index (χ3v) is 6.95. The number of methoxy groups -OCH3 is 1. The Morgan fingerprint density at radius 3 is 2.55 bits per heavy atom. The van der Waals surface area contributed by atoms with Crippen molar-refractivity contribution in [2.75, 3.05) is 31.6 Å². The number of carbonyl (C=O) groups is 1. The second kappa shape index (κ2) is 7.49. The summed E-state index contributed by atoms with van der Waals surface area (Å²) in [4.78, 5) is 17.8. The zero-order valence-corrected chi connectivity index (χ0v) is 18.5. The number of ether oxygens (including phenoxy) is 1. The largest absolute Gasteiger partial charge is 0.496 e. The second-order valence-corrected chi connectivity index (χ2v) is 8.52. The van der Waals surface area contributed by atoms with E-state index in [9.17, 15) is 4.79 Å². The summed E-state index contributed by atoms with van der Waals surface area (Å²) in [6.45, 7) is 6.76. The Labute approximate surface area is 183 Å². The molecule has 0 aliphatic carbocycles. The van der Waals surface area contributed by atoms with E-state index in [1.165, 1.54) is 22.6 Å². The molecular formula is C26H29N3O2.